The normalized spacial score (nSPS) is 14.8. The molecule has 150 valence electrons. The first kappa shape index (κ1) is 19.9. The van der Waals surface area contributed by atoms with E-state index in [1.165, 1.54) is 5.56 Å². The maximum Gasteiger partial charge on any atom is 0.409 e. The van der Waals surface area contributed by atoms with Gasteiger partial charge in [-0.2, -0.15) is 5.10 Å². The first-order valence-electron chi connectivity index (χ1n) is 9.73. The first-order chi connectivity index (χ1) is 13.4. The van der Waals surface area contributed by atoms with Crippen molar-refractivity contribution in [2.24, 2.45) is 7.05 Å². The third kappa shape index (κ3) is 4.35. The summed E-state index contributed by atoms with van der Waals surface area (Å²) in [5, 5.41) is 7.45. The zero-order chi connectivity index (χ0) is 20.3. The molecule has 2 amide bonds. The standard InChI is InChI=1S/C21H28N4O3/c1-5-28-21(27)25-10-8-16(9-11-25)22-20(26)18-13-19(24(4)23-18)17-7-6-14(2)12-15(17)3/h6-7,12-13,16H,5,8-11H2,1-4H3,(H,22,26). The summed E-state index contributed by atoms with van der Waals surface area (Å²) in [5.74, 6) is -0.179. The van der Waals surface area contributed by atoms with Crippen LogP contribution in [0.4, 0.5) is 4.79 Å². The van der Waals surface area contributed by atoms with Gasteiger partial charge in [0.1, 0.15) is 0 Å². The minimum absolute atomic E-state index is 0.0322. The number of nitrogens with one attached hydrogen (secondary N) is 1. The summed E-state index contributed by atoms with van der Waals surface area (Å²) < 4.78 is 6.77. The highest BCUT2D eigenvalue weighted by molar-refractivity contribution is 5.93. The molecule has 3 rings (SSSR count). The molecule has 0 saturated carbocycles. The Labute approximate surface area is 165 Å². The average Bonchev–Trinajstić information content (AvgIpc) is 3.04. The summed E-state index contributed by atoms with van der Waals surface area (Å²) in [6, 6.07) is 8.12. The fraction of sp³-hybridized carbons (Fsp3) is 0.476. The first-order valence-corrected chi connectivity index (χ1v) is 9.73. The van der Waals surface area contributed by atoms with E-state index >= 15 is 0 Å². The Morgan fingerprint density at radius 2 is 1.93 bits per heavy atom. The van der Waals surface area contributed by atoms with E-state index in [1.54, 1.807) is 16.5 Å². The number of hydrogen-bond acceptors (Lipinski definition) is 4. The summed E-state index contributed by atoms with van der Waals surface area (Å²) in [6.45, 7) is 7.46. The number of piperidine rings is 1. The second-order valence-corrected chi connectivity index (χ2v) is 7.29. The quantitative estimate of drug-likeness (QED) is 0.879. The number of likely N-dealkylation sites (tertiary alicyclic amines) is 1. The molecule has 1 aromatic heterocycles. The molecule has 2 aromatic rings. The van der Waals surface area contributed by atoms with Crippen molar-refractivity contribution in [3.8, 4) is 11.3 Å². The zero-order valence-electron chi connectivity index (χ0n) is 17.0. The highest BCUT2D eigenvalue weighted by Crippen LogP contribution is 2.25. The maximum atomic E-state index is 12.7. The lowest BCUT2D eigenvalue weighted by molar-refractivity contribution is 0.0856. The lowest BCUT2D eigenvalue weighted by Gasteiger charge is -2.31. The highest BCUT2D eigenvalue weighted by atomic mass is 16.6. The van der Waals surface area contributed by atoms with Crippen LogP contribution in [0.1, 0.15) is 41.4 Å². The number of ether oxygens (including phenoxy) is 1. The van der Waals surface area contributed by atoms with Gasteiger partial charge in [-0.3, -0.25) is 9.48 Å². The summed E-state index contributed by atoms with van der Waals surface area (Å²) in [5.41, 5.74) is 4.75. The van der Waals surface area contributed by atoms with Gasteiger partial charge in [0.15, 0.2) is 5.69 Å². The van der Waals surface area contributed by atoms with E-state index in [0.29, 0.717) is 38.2 Å². The van der Waals surface area contributed by atoms with Crippen molar-refractivity contribution in [3.05, 3.63) is 41.1 Å². The molecule has 7 nitrogen and oxygen atoms in total. The minimum atomic E-state index is -0.282. The van der Waals surface area contributed by atoms with E-state index in [9.17, 15) is 9.59 Å². The number of carbonyl (C=O) groups is 2. The molecule has 0 bridgehead atoms. The van der Waals surface area contributed by atoms with Gasteiger partial charge < -0.3 is 15.0 Å². The van der Waals surface area contributed by atoms with Gasteiger partial charge in [0, 0.05) is 31.7 Å². The van der Waals surface area contributed by atoms with Crippen LogP contribution in [0.3, 0.4) is 0 Å². The number of benzene rings is 1. The van der Waals surface area contributed by atoms with Gasteiger partial charge in [-0.15, -0.1) is 0 Å². The Balaban J connectivity index is 1.64. The molecular weight excluding hydrogens is 356 g/mol. The van der Waals surface area contributed by atoms with Crippen molar-refractivity contribution < 1.29 is 14.3 Å². The van der Waals surface area contributed by atoms with Crippen molar-refractivity contribution in [2.75, 3.05) is 19.7 Å². The summed E-state index contributed by atoms with van der Waals surface area (Å²) in [7, 11) is 1.85. The van der Waals surface area contributed by atoms with Gasteiger partial charge in [0.05, 0.1) is 12.3 Å². The Kier molecular flexibility index (Phi) is 6.02. The number of hydrogen-bond donors (Lipinski definition) is 1. The van der Waals surface area contributed by atoms with Gasteiger partial charge in [-0.05, 0) is 45.2 Å². The Bertz CT molecular complexity index is 867. The van der Waals surface area contributed by atoms with Crippen LogP contribution in [0.25, 0.3) is 11.3 Å². The Morgan fingerprint density at radius 1 is 1.21 bits per heavy atom. The van der Waals surface area contributed by atoms with Crippen LogP contribution in [-0.4, -0.2) is 52.4 Å². The van der Waals surface area contributed by atoms with Gasteiger partial charge in [-0.1, -0.05) is 23.8 Å². The van der Waals surface area contributed by atoms with Crippen LogP contribution in [0, 0.1) is 13.8 Å². The molecule has 28 heavy (non-hydrogen) atoms. The topological polar surface area (TPSA) is 76.5 Å². The third-order valence-corrected chi connectivity index (χ3v) is 5.13. The minimum Gasteiger partial charge on any atom is -0.450 e. The van der Waals surface area contributed by atoms with Gasteiger partial charge in [0.25, 0.3) is 5.91 Å². The van der Waals surface area contributed by atoms with E-state index < -0.39 is 0 Å². The summed E-state index contributed by atoms with van der Waals surface area (Å²) in [6.07, 6.45) is 1.14. The molecular formula is C21H28N4O3. The van der Waals surface area contributed by atoms with Crippen molar-refractivity contribution in [3.63, 3.8) is 0 Å². The molecule has 1 N–H and O–H groups in total. The molecule has 1 saturated heterocycles. The van der Waals surface area contributed by atoms with Crippen LogP contribution in [-0.2, 0) is 11.8 Å². The molecule has 1 fully saturated rings. The Hall–Kier alpha value is -2.83. The van der Waals surface area contributed by atoms with Crippen molar-refractivity contribution in [1.29, 1.82) is 0 Å². The molecule has 1 aliphatic heterocycles. The van der Waals surface area contributed by atoms with Crippen LogP contribution < -0.4 is 5.32 Å². The lowest BCUT2D eigenvalue weighted by atomic mass is 10.0. The number of rotatable bonds is 4. The molecule has 0 atom stereocenters. The molecule has 7 heteroatoms. The molecule has 0 unspecified atom stereocenters. The predicted molar refractivity (Wildman–Crippen MR) is 107 cm³/mol. The molecule has 0 aliphatic carbocycles. The number of carbonyl (C=O) groups excluding carboxylic acids is 2. The van der Waals surface area contributed by atoms with Gasteiger partial charge in [-0.25, -0.2) is 4.79 Å². The zero-order valence-corrected chi connectivity index (χ0v) is 17.0. The monoisotopic (exact) mass is 384 g/mol. The van der Waals surface area contributed by atoms with Crippen LogP contribution >= 0.6 is 0 Å². The molecule has 2 heterocycles. The van der Waals surface area contributed by atoms with E-state index in [1.807, 2.05) is 13.1 Å². The molecule has 0 radical (unpaired) electrons. The van der Waals surface area contributed by atoms with Crippen molar-refractivity contribution in [2.45, 2.75) is 39.7 Å². The molecule has 1 aromatic carbocycles. The maximum absolute atomic E-state index is 12.7. The van der Waals surface area contributed by atoms with Crippen LogP contribution in [0.5, 0.6) is 0 Å². The average molecular weight is 384 g/mol. The SMILES string of the molecule is CCOC(=O)N1CCC(NC(=O)c2cc(-c3ccc(C)cc3C)n(C)n2)CC1. The van der Waals surface area contributed by atoms with Crippen molar-refractivity contribution >= 4 is 12.0 Å². The van der Waals surface area contributed by atoms with E-state index in [2.05, 4.69) is 42.5 Å². The smallest absolute Gasteiger partial charge is 0.409 e. The van der Waals surface area contributed by atoms with E-state index in [-0.39, 0.29) is 18.0 Å². The number of amides is 2. The van der Waals surface area contributed by atoms with Crippen LogP contribution in [0.15, 0.2) is 24.3 Å². The summed E-state index contributed by atoms with van der Waals surface area (Å²) >= 11 is 0. The molecule has 1 aliphatic rings. The highest BCUT2D eigenvalue weighted by Gasteiger charge is 2.25. The largest absolute Gasteiger partial charge is 0.450 e. The van der Waals surface area contributed by atoms with E-state index in [4.69, 9.17) is 4.74 Å². The van der Waals surface area contributed by atoms with Crippen LogP contribution in [0.2, 0.25) is 0 Å². The second kappa shape index (κ2) is 8.46. The molecule has 0 spiro atoms. The fourth-order valence-electron chi connectivity index (χ4n) is 3.61. The summed E-state index contributed by atoms with van der Waals surface area (Å²) in [4.78, 5) is 26.1. The van der Waals surface area contributed by atoms with Gasteiger partial charge in [0.2, 0.25) is 0 Å². The number of aryl methyl sites for hydroxylation is 3. The Morgan fingerprint density at radius 3 is 2.57 bits per heavy atom. The van der Waals surface area contributed by atoms with Crippen molar-refractivity contribution in [1.82, 2.24) is 20.0 Å². The number of aromatic nitrogens is 2. The fourth-order valence-corrected chi connectivity index (χ4v) is 3.61. The number of nitrogens with zero attached hydrogens (tertiary/aromatic N) is 3. The predicted octanol–water partition coefficient (Wildman–Crippen LogP) is 3.05. The van der Waals surface area contributed by atoms with E-state index in [0.717, 1.165) is 16.8 Å². The third-order valence-electron chi connectivity index (χ3n) is 5.13. The lowest BCUT2D eigenvalue weighted by Crippen LogP contribution is -2.46. The van der Waals surface area contributed by atoms with Gasteiger partial charge >= 0.3 is 6.09 Å². The second-order valence-electron chi connectivity index (χ2n) is 7.29.